The third-order valence-electron chi connectivity index (χ3n) is 2.71. The van der Waals surface area contributed by atoms with Crippen LogP contribution in [0, 0.1) is 5.92 Å². The molecule has 13 heavy (non-hydrogen) atoms. The van der Waals surface area contributed by atoms with E-state index in [0.29, 0.717) is 9.84 Å². The van der Waals surface area contributed by atoms with Gasteiger partial charge in [-0.05, 0) is 25.2 Å². The minimum Gasteiger partial charge on any atom is -0.313 e. The smallest absolute Gasteiger partial charge is 0.0923 e. The number of rotatable bonds is 0. The van der Waals surface area contributed by atoms with Crippen molar-refractivity contribution in [3.05, 3.63) is 0 Å². The lowest BCUT2D eigenvalue weighted by Crippen LogP contribution is -2.37. The Bertz CT molecular complexity index is 145. The second-order valence-electron chi connectivity index (χ2n) is 4.43. The van der Waals surface area contributed by atoms with Crippen LogP contribution < -0.4 is 5.73 Å². The van der Waals surface area contributed by atoms with E-state index in [4.69, 9.17) is 17.3 Å². The maximum absolute atomic E-state index is 6.28. The van der Waals surface area contributed by atoms with Crippen LogP contribution in [-0.4, -0.2) is 8.92 Å². The molecular weight excluding hydrogens is 296 g/mol. The summed E-state index contributed by atoms with van der Waals surface area (Å²) < 4.78 is 0.658. The van der Waals surface area contributed by atoms with Gasteiger partial charge in [0.2, 0.25) is 0 Å². The van der Waals surface area contributed by atoms with Gasteiger partial charge in [-0.25, -0.2) is 0 Å². The van der Waals surface area contributed by atoms with Gasteiger partial charge in [-0.2, -0.15) is 0 Å². The molecule has 1 aliphatic rings. The molecule has 3 atom stereocenters. The summed E-state index contributed by atoms with van der Waals surface area (Å²) >= 11 is 8.77. The fourth-order valence-corrected chi connectivity index (χ4v) is 4.03. The highest BCUT2D eigenvalue weighted by Crippen LogP contribution is 2.32. The van der Waals surface area contributed by atoms with Crippen LogP contribution in [0.3, 0.4) is 0 Å². The number of hydrogen-bond acceptors (Lipinski definition) is 1. The fourth-order valence-electron chi connectivity index (χ4n) is 2.09. The van der Waals surface area contributed by atoms with E-state index in [0.717, 1.165) is 12.8 Å². The van der Waals surface area contributed by atoms with Crippen LogP contribution in [0.15, 0.2) is 0 Å². The second-order valence-corrected chi connectivity index (χ2v) is 6.94. The van der Waals surface area contributed by atoms with Crippen molar-refractivity contribution in [2.45, 2.75) is 54.4 Å². The minimum absolute atomic E-state index is 0.449. The van der Waals surface area contributed by atoms with Crippen molar-refractivity contribution in [1.82, 2.24) is 0 Å². The zero-order valence-electron chi connectivity index (χ0n) is 8.23. The van der Waals surface area contributed by atoms with Crippen LogP contribution >= 0.6 is 34.2 Å². The van der Waals surface area contributed by atoms with E-state index in [1.54, 1.807) is 0 Å². The number of halogens is 2. The monoisotopic (exact) mass is 315 g/mol. The molecule has 0 aliphatic heterocycles. The van der Waals surface area contributed by atoms with E-state index in [9.17, 15) is 0 Å². The van der Waals surface area contributed by atoms with Gasteiger partial charge >= 0.3 is 0 Å². The van der Waals surface area contributed by atoms with Gasteiger partial charge in [0.15, 0.2) is 0 Å². The fraction of sp³-hybridized carbons (Fsp3) is 1.00. The Morgan fingerprint density at radius 2 is 1.92 bits per heavy atom. The maximum Gasteiger partial charge on any atom is 0.0923 e. The van der Waals surface area contributed by atoms with E-state index in [1.807, 2.05) is 0 Å². The van der Waals surface area contributed by atoms with Crippen LogP contribution in [0.25, 0.3) is 0 Å². The number of hydrogen-bond donors (Lipinski definition) is 1. The lowest BCUT2D eigenvalue weighted by Gasteiger charge is -2.26. The summed E-state index contributed by atoms with van der Waals surface area (Å²) in [6, 6.07) is 0. The maximum atomic E-state index is 6.28. The highest BCUT2D eigenvalue weighted by atomic mass is 127. The molecular formula is C10H19ClIN. The molecule has 0 bridgehead atoms. The third-order valence-corrected chi connectivity index (χ3v) is 4.08. The van der Waals surface area contributed by atoms with Gasteiger partial charge in [-0.3, -0.25) is 0 Å². The van der Waals surface area contributed by atoms with Crippen LogP contribution in [-0.2, 0) is 0 Å². The molecule has 3 unspecified atom stereocenters. The summed E-state index contributed by atoms with van der Waals surface area (Å²) in [4.78, 5) is -0.449. The Kier molecular flexibility index (Phi) is 4.79. The van der Waals surface area contributed by atoms with Crippen LogP contribution in [0.4, 0.5) is 0 Å². The van der Waals surface area contributed by atoms with Crippen molar-refractivity contribution in [2.75, 3.05) is 0 Å². The molecule has 2 N–H and O–H groups in total. The quantitative estimate of drug-likeness (QED) is 0.412. The first kappa shape index (κ1) is 12.1. The Morgan fingerprint density at radius 1 is 1.31 bits per heavy atom. The molecule has 0 spiro atoms. The average Bonchev–Trinajstić information content (AvgIpc) is 1.99. The van der Waals surface area contributed by atoms with Crippen molar-refractivity contribution in [3.63, 3.8) is 0 Å². The SMILES string of the molecule is CC1CCCCC(I)CC(N)(Cl)C1. The molecule has 0 heterocycles. The summed E-state index contributed by atoms with van der Waals surface area (Å²) in [6.07, 6.45) is 7.17. The first-order chi connectivity index (χ1) is 5.99. The molecule has 0 radical (unpaired) electrons. The molecule has 0 saturated heterocycles. The molecule has 1 rings (SSSR count). The Balaban J connectivity index is 2.54. The Labute approximate surface area is 99.9 Å². The standard InChI is InChI=1S/C10H19ClIN/c1-8-4-2-3-5-9(12)7-10(11,13)6-8/h8-9H,2-7,13H2,1H3. The predicted molar refractivity (Wildman–Crippen MR) is 67.4 cm³/mol. The lowest BCUT2D eigenvalue weighted by molar-refractivity contribution is 0.397. The van der Waals surface area contributed by atoms with Crippen molar-refractivity contribution in [2.24, 2.45) is 11.7 Å². The summed E-state index contributed by atoms with van der Waals surface area (Å²) in [5.41, 5.74) is 6.06. The zero-order chi connectivity index (χ0) is 9.90. The molecule has 0 aromatic rings. The third kappa shape index (κ3) is 4.84. The summed E-state index contributed by atoms with van der Waals surface area (Å²) in [5.74, 6) is 0.684. The molecule has 0 amide bonds. The summed E-state index contributed by atoms with van der Waals surface area (Å²) in [6.45, 7) is 2.26. The van der Waals surface area contributed by atoms with Gasteiger partial charge in [0.05, 0.1) is 5.00 Å². The van der Waals surface area contributed by atoms with Crippen molar-refractivity contribution in [1.29, 1.82) is 0 Å². The highest BCUT2D eigenvalue weighted by Gasteiger charge is 2.28. The minimum atomic E-state index is -0.449. The van der Waals surface area contributed by atoms with E-state index < -0.39 is 5.00 Å². The molecule has 1 nitrogen and oxygen atoms in total. The van der Waals surface area contributed by atoms with Gasteiger partial charge in [-0.1, -0.05) is 48.8 Å². The number of nitrogens with two attached hydrogens (primary N) is 1. The van der Waals surface area contributed by atoms with Gasteiger partial charge in [0.1, 0.15) is 0 Å². The Hall–Kier alpha value is 0.980. The summed E-state index contributed by atoms with van der Waals surface area (Å²) in [5, 5.41) is 0. The zero-order valence-corrected chi connectivity index (χ0v) is 11.1. The van der Waals surface area contributed by atoms with Crippen LogP contribution in [0.1, 0.15) is 45.4 Å². The van der Waals surface area contributed by atoms with Gasteiger partial charge in [0.25, 0.3) is 0 Å². The predicted octanol–water partition coefficient (Wildman–Crippen LogP) is 3.67. The van der Waals surface area contributed by atoms with Gasteiger partial charge in [-0.15, -0.1) is 11.6 Å². The van der Waals surface area contributed by atoms with E-state index in [2.05, 4.69) is 29.5 Å². The molecule has 1 aliphatic carbocycles. The van der Waals surface area contributed by atoms with Crippen molar-refractivity contribution >= 4 is 34.2 Å². The molecule has 1 saturated carbocycles. The first-order valence-corrected chi connectivity index (χ1v) is 6.74. The van der Waals surface area contributed by atoms with Gasteiger partial charge in [0, 0.05) is 3.92 Å². The van der Waals surface area contributed by atoms with Crippen LogP contribution in [0.5, 0.6) is 0 Å². The van der Waals surface area contributed by atoms with Crippen molar-refractivity contribution in [3.8, 4) is 0 Å². The Morgan fingerprint density at radius 3 is 2.62 bits per heavy atom. The average molecular weight is 316 g/mol. The molecule has 1 fully saturated rings. The topological polar surface area (TPSA) is 26.0 Å². The largest absolute Gasteiger partial charge is 0.313 e. The van der Waals surface area contributed by atoms with E-state index in [1.165, 1.54) is 25.7 Å². The normalized spacial score (nSPS) is 43.4. The van der Waals surface area contributed by atoms with Crippen LogP contribution in [0.2, 0.25) is 0 Å². The lowest BCUT2D eigenvalue weighted by atomic mass is 9.96. The molecule has 0 aromatic heterocycles. The molecule has 0 aromatic carbocycles. The number of alkyl halides is 2. The highest BCUT2D eigenvalue weighted by molar-refractivity contribution is 14.1. The van der Waals surface area contributed by atoms with Crippen molar-refractivity contribution < 1.29 is 0 Å². The summed E-state index contributed by atoms with van der Waals surface area (Å²) in [7, 11) is 0. The molecule has 3 heteroatoms. The van der Waals surface area contributed by atoms with E-state index >= 15 is 0 Å². The van der Waals surface area contributed by atoms with E-state index in [-0.39, 0.29) is 0 Å². The second kappa shape index (κ2) is 5.17. The molecule has 78 valence electrons. The first-order valence-electron chi connectivity index (χ1n) is 5.11. The van der Waals surface area contributed by atoms with Gasteiger partial charge < -0.3 is 5.73 Å².